The van der Waals surface area contributed by atoms with E-state index in [2.05, 4.69) is 20.2 Å². The van der Waals surface area contributed by atoms with Gasteiger partial charge in [0.15, 0.2) is 0 Å². The van der Waals surface area contributed by atoms with Crippen molar-refractivity contribution in [2.24, 2.45) is 0 Å². The van der Waals surface area contributed by atoms with Crippen LogP contribution < -0.4 is 14.8 Å². The Labute approximate surface area is 157 Å². The van der Waals surface area contributed by atoms with Gasteiger partial charge in [-0.25, -0.2) is 13.1 Å². The third kappa shape index (κ3) is 4.77. The minimum Gasteiger partial charge on any atom is -0.496 e. The molecule has 0 saturated heterocycles. The molecule has 0 bridgehead atoms. The van der Waals surface area contributed by atoms with Gasteiger partial charge in [-0.1, -0.05) is 37.3 Å². The lowest BCUT2D eigenvalue weighted by Gasteiger charge is -2.17. The molecule has 0 aliphatic heterocycles. The van der Waals surface area contributed by atoms with Gasteiger partial charge >= 0.3 is 0 Å². The molecule has 1 heterocycles. The van der Waals surface area contributed by atoms with Crippen molar-refractivity contribution < 1.29 is 17.9 Å². The largest absolute Gasteiger partial charge is 0.496 e. The topological polar surface area (TPSA) is 110 Å². The fraction of sp³-hybridized carbons (Fsp3) is 0.438. The van der Waals surface area contributed by atoms with E-state index < -0.39 is 16.1 Å². The summed E-state index contributed by atoms with van der Waals surface area (Å²) in [5, 5.41) is 10.1. The van der Waals surface area contributed by atoms with Crippen molar-refractivity contribution in [1.82, 2.24) is 14.9 Å². The second-order valence-electron chi connectivity index (χ2n) is 5.59. The second kappa shape index (κ2) is 8.56. The van der Waals surface area contributed by atoms with Gasteiger partial charge in [0.05, 0.1) is 7.11 Å². The van der Waals surface area contributed by atoms with Gasteiger partial charge in [-0.05, 0) is 30.5 Å². The molecule has 0 unspecified atom stereocenters. The monoisotopic (exact) mass is 398 g/mol. The van der Waals surface area contributed by atoms with Gasteiger partial charge < -0.3 is 10.1 Å². The van der Waals surface area contributed by atoms with Crippen LogP contribution in [0.15, 0.2) is 22.5 Å². The molecule has 0 aliphatic rings. The highest BCUT2D eigenvalue weighted by Gasteiger charge is 2.25. The van der Waals surface area contributed by atoms with E-state index in [0.29, 0.717) is 6.42 Å². The molecular weight excluding hydrogens is 376 g/mol. The third-order valence-electron chi connectivity index (χ3n) is 3.73. The average Bonchev–Trinajstić information content (AvgIpc) is 3.09. The van der Waals surface area contributed by atoms with Gasteiger partial charge in [-0.2, -0.15) is 0 Å². The normalized spacial score (nSPS) is 12.6. The van der Waals surface area contributed by atoms with Crippen LogP contribution in [0.4, 0.5) is 5.13 Å². The van der Waals surface area contributed by atoms with Crippen molar-refractivity contribution in [2.45, 2.75) is 44.0 Å². The fourth-order valence-corrected chi connectivity index (χ4v) is 4.56. The van der Waals surface area contributed by atoms with Gasteiger partial charge in [0.2, 0.25) is 15.4 Å². The van der Waals surface area contributed by atoms with Crippen molar-refractivity contribution >= 4 is 32.4 Å². The number of anilines is 1. The lowest BCUT2D eigenvalue weighted by molar-refractivity contribution is -0.115. The molecule has 1 amide bonds. The number of hydrogen-bond donors (Lipinski definition) is 2. The zero-order valence-corrected chi connectivity index (χ0v) is 16.7. The van der Waals surface area contributed by atoms with E-state index in [-0.39, 0.29) is 21.8 Å². The molecule has 1 aromatic heterocycles. The first-order valence-corrected chi connectivity index (χ1v) is 10.4. The molecule has 1 atom stereocenters. The molecule has 10 heteroatoms. The van der Waals surface area contributed by atoms with Crippen molar-refractivity contribution in [3.8, 4) is 5.75 Å². The number of nitrogens with one attached hydrogen (secondary N) is 2. The van der Waals surface area contributed by atoms with E-state index in [0.717, 1.165) is 28.2 Å². The number of benzene rings is 1. The van der Waals surface area contributed by atoms with Crippen LogP contribution in [0.1, 0.15) is 43.9 Å². The molecule has 0 radical (unpaired) electrons. The molecule has 8 nitrogen and oxygen atoms in total. The van der Waals surface area contributed by atoms with E-state index in [1.54, 1.807) is 14.0 Å². The summed E-state index contributed by atoms with van der Waals surface area (Å²) in [6, 6.07) is 5.12. The van der Waals surface area contributed by atoms with Crippen LogP contribution in [-0.4, -0.2) is 31.6 Å². The highest BCUT2D eigenvalue weighted by molar-refractivity contribution is 7.91. The van der Waals surface area contributed by atoms with Crippen molar-refractivity contribution in [3.05, 3.63) is 29.3 Å². The molecule has 142 valence electrons. The van der Waals surface area contributed by atoms with Gasteiger partial charge in [-0.15, -0.1) is 10.2 Å². The van der Waals surface area contributed by atoms with E-state index in [1.165, 1.54) is 0 Å². The summed E-state index contributed by atoms with van der Waals surface area (Å²) in [5.41, 5.74) is 1.75. The maximum Gasteiger partial charge on any atom is 0.270 e. The van der Waals surface area contributed by atoms with Crippen LogP contribution in [-0.2, 0) is 14.8 Å². The Balaban J connectivity index is 2.21. The first-order valence-electron chi connectivity index (χ1n) is 8.10. The Bertz CT molecular complexity index is 880. The number of rotatable bonds is 8. The summed E-state index contributed by atoms with van der Waals surface area (Å²) >= 11 is 0.816. The van der Waals surface area contributed by atoms with Gasteiger partial charge in [0.1, 0.15) is 5.75 Å². The Hall–Kier alpha value is -2.04. The van der Waals surface area contributed by atoms with E-state index >= 15 is 0 Å². The molecule has 0 saturated carbocycles. The fourth-order valence-electron chi connectivity index (χ4n) is 2.32. The molecule has 1 aromatic carbocycles. The first kappa shape index (κ1) is 20.3. The minimum absolute atomic E-state index is 0.158. The summed E-state index contributed by atoms with van der Waals surface area (Å²) in [6.07, 6.45) is 0.831. The molecule has 2 aromatic rings. The summed E-state index contributed by atoms with van der Waals surface area (Å²) in [6.45, 7) is 5.48. The van der Waals surface area contributed by atoms with Gasteiger partial charge in [0, 0.05) is 12.5 Å². The number of ether oxygens (including phenoxy) is 1. The van der Waals surface area contributed by atoms with Crippen LogP contribution in [0.25, 0.3) is 0 Å². The lowest BCUT2D eigenvalue weighted by Crippen LogP contribution is -2.28. The van der Waals surface area contributed by atoms with Crippen LogP contribution in [0.5, 0.6) is 5.75 Å². The minimum atomic E-state index is -3.86. The van der Waals surface area contributed by atoms with Crippen LogP contribution >= 0.6 is 11.3 Å². The van der Waals surface area contributed by atoms with E-state index in [4.69, 9.17) is 4.74 Å². The Morgan fingerprint density at radius 2 is 2.04 bits per heavy atom. The Morgan fingerprint density at radius 1 is 1.31 bits per heavy atom. The zero-order chi connectivity index (χ0) is 19.3. The number of aryl methyl sites for hydroxylation is 1. The third-order valence-corrected chi connectivity index (χ3v) is 6.41. The zero-order valence-electron chi connectivity index (χ0n) is 15.1. The quantitative estimate of drug-likeness (QED) is 0.662. The number of aromatic nitrogens is 2. The van der Waals surface area contributed by atoms with Crippen molar-refractivity contribution in [2.75, 3.05) is 12.4 Å². The average molecular weight is 399 g/mol. The molecule has 26 heavy (non-hydrogen) atoms. The summed E-state index contributed by atoms with van der Waals surface area (Å²) in [7, 11) is -2.27. The van der Waals surface area contributed by atoms with Crippen LogP contribution in [0.2, 0.25) is 0 Å². The number of nitrogens with zero attached hydrogens (tertiary/aromatic N) is 2. The number of methoxy groups -OCH3 is 1. The highest BCUT2D eigenvalue weighted by Crippen LogP contribution is 2.27. The molecule has 0 fully saturated rings. The predicted octanol–water partition coefficient (Wildman–Crippen LogP) is 2.63. The molecule has 0 aliphatic carbocycles. The molecule has 2 rings (SSSR count). The number of hydrogen-bond acceptors (Lipinski definition) is 7. The number of amides is 1. The summed E-state index contributed by atoms with van der Waals surface area (Å²) < 4.78 is 32.9. The summed E-state index contributed by atoms with van der Waals surface area (Å²) in [5.74, 6) is 0.491. The molecule has 2 N–H and O–H groups in total. The van der Waals surface area contributed by atoms with Gasteiger partial charge in [0.25, 0.3) is 10.0 Å². The number of carbonyl (C=O) groups is 1. The summed E-state index contributed by atoms with van der Waals surface area (Å²) in [4.78, 5) is 11.4. The number of carbonyl (C=O) groups excluding carboxylic acids is 1. The lowest BCUT2D eigenvalue weighted by atomic mass is 10.0. The Morgan fingerprint density at radius 3 is 2.62 bits per heavy atom. The smallest absolute Gasteiger partial charge is 0.270 e. The van der Waals surface area contributed by atoms with Crippen molar-refractivity contribution in [3.63, 3.8) is 0 Å². The van der Waals surface area contributed by atoms with Crippen LogP contribution in [0.3, 0.4) is 0 Å². The van der Waals surface area contributed by atoms with Crippen molar-refractivity contribution in [1.29, 1.82) is 0 Å². The van der Waals surface area contributed by atoms with E-state index in [9.17, 15) is 13.2 Å². The SMILES string of the molecule is CCC(=O)Nc1nnc(S(=O)(=O)N[C@H](CC)c2ccc(OC)c(C)c2)s1. The molecule has 0 spiro atoms. The van der Waals surface area contributed by atoms with Gasteiger partial charge in [-0.3, -0.25) is 4.79 Å². The standard InChI is InChI=1S/C16H22N4O4S2/c1-5-12(11-7-8-13(24-4)10(3)9-11)20-26(22,23)16-19-18-15(25-16)17-14(21)6-2/h7-9,12,20H,5-6H2,1-4H3,(H,17,18,21)/t12-/m1/s1. The highest BCUT2D eigenvalue weighted by atomic mass is 32.2. The second-order valence-corrected chi connectivity index (χ2v) is 8.45. The Kier molecular flexibility index (Phi) is 6.68. The first-order chi connectivity index (χ1) is 12.3. The number of sulfonamides is 1. The van der Waals surface area contributed by atoms with E-state index in [1.807, 2.05) is 32.0 Å². The molecular formula is C16H22N4O4S2. The maximum absolute atomic E-state index is 12.6. The maximum atomic E-state index is 12.6. The predicted molar refractivity (Wildman–Crippen MR) is 99.9 cm³/mol. The van der Waals surface area contributed by atoms with Crippen LogP contribution in [0, 0.1) is 6.92 Å².